The molecule has 13 heavy (non-hydrogen) atoms. The number of carbonyl (C=O) groups is 1. The molecule has 1 atom stereocenters. The summed E-state index contributed by atoms with van der Waals surface area (Å²) in [7, 11) is 0. The first-order valence-electron chi connectivity index (χ1n) is 4.46. The van der Waals surface area contributed by atoms with Gasteiger partial charge in [0.05, 0.1) is 6.42 Å². The summed E-state index contributed by atoms with van der Waals surface area (Å²) in [5.41, 5.74) is 0. The Morgan fingerprint density at radius 2 is 2.38 bits per heavy atom. The van der Waals surface area contributed by atoms with Gasteiger partial charge in [-0.2, -0.15) is 0 Å². The fraction of sp³-hybridized carbons (Fsp3) is 0.500. The maximum Gasteiger partial charge on any atom is 0.311 e. The van der Waals surface area contributed by atoms with Gasteiger partial charge in [-0.1, -0.05) is 12.7 Å². The van der Waals surface area contributed by atoms with Crippen LogP contribution < -0.4 is 0 Å². The van der Waals surface area contributed by atoms with Crippen molar-refractivity contribution in [2.45, 2.75) is 25.5 Å². The second-order valence-electron chi connectivity index (χ2n) is 3.00. The van der Waals surface area contributed by atoms with Crippen LogP contribution in [0.3, 0.4) is 0 Å². The molecule has 0 bridgehead atoms. The Balaban J connectivity index is 2.38. The van der Waals surface area contributed by atoms with Crippen molar-refractivity contribution in [3.05, 3.63) is 25.4 Å². The van der Waals surface area contributed by atoms with E-state index >= 15 is 0 Å². The van der Waals surface area contributed by atoms with Crippen LogP contribution in [0.5, 0.6) is 0 Å². The van der Waals surface area contributed by atoms with Gasteiger partial charge in [0.25, 0.3) is 0 Å². The predicted octanol–water partition coefficient (Wildman–Crippen LogP) is 1.67. The van der Waals surface area contributed by atoms with E-state index in [0.717, 1.165) is 19.4 Å². The highest BCUT2D eigenvalue weighted by Gasteiger charge is 2.24. The van der Waals surface area contributed by atoms with E-state index in [-0.39, 0.29) is 18.6 Å². The molecule has 1 saturated heterocycles. The molecule has 1 unspecified atom stereocenters. The van der Waals surface area contributed by atoms with Crippen LogP contribution >= 0.6 is 0 Å². The van der Waals surface area contributed by atoms with Crippen LogP contribution in [-0.4, -0.2) is 23.6 Å². The highest BCUT2D eigenvalue weighted by Crippen LogP contribution is 2.18. The number of hydrogen-bond donors (Lipinski definition) is 0. The largest absolute Gasteiger partial charge is 0.441 e. The summed E-state index contributed by atoms with van der Waals surface area (Å²) in [6.45, 7) is 8.07. The van der Waals surface area contributed by atoms with Gasteiger partial charge in [-0.3, -0.25) is 4.79 Å². The van der Waals surface area contributed by atoms with Crippen molar-refractivity contribution in [3.8, 4) is 0 Å². The van der Waals surface area contributed by atoms with Crippen molar-refractivity contribution < 1.29 is 9.53 Å². The molecule has 0 aliphatic carbocycles. The first-order chi connectivity index (χ1) is 6.27. The topological polar surface area (TPSA) is 29.5 Å². The third-order valence-electron chi connectivity index (χ3n) is 2.05. The van der Waals surface area contributed by atoms with Gasteiger partial charge in [0.1, 0.15) is 0 Å². The monoisotopic (exact) mass is 181 g/mol. The number of rotatable bonds is 4. The van der Waals surface area contributed by atoms with E-state index in [0.29, 0.717) is 0 Å². The maximum atomic E-state index is 11.1. The van der Waals surface area contributed by atoms with Crippen LogP contribution in [0, 0.1) is 0 Å². The third-order valence-corrected chi connectivity index (χ3v) is 2.05. The highest BCUT2D eigenvalue weighted by molar-refractivity contribution is 5.71. The van der Waals surface area contributed by atoms with Crippen molar-refractivity contribution in [3.63, 3.8) is 0 Å². The van der Waals surface area contributed by atoms with Crippen LogP contribution in [-0.2, 0) is 9.53 Å². The van der Waals surface area contributed by atoms with Crippen molar-refractivity contribution in [2.75, 3.05) is 6.54 Å². The summed E-state index contributed by atoms with van der Waals surface area (Å²) in [5, 5.41) is 0. The van der Waals surface area contributed by atoms with E-state index < -0.39 is 0 Å². The molecule has 1 aliphatic heterocycles. The van der Waals surface area contributed by atoms with Gasteiger partial charge < -0.3 is 9.64 Å². The summed E-state index contributed by atoms with van der Waals surface area (Å²) < 4.78 is 5.20. The Morgan fingerprint density at radius 3 is 3.00 bits per heavy atom. The SMILES string of the molecule is C=CCC(=O)OC1CCCN1C=C. The molecular formula is C10H15NO2. The lowest BCUT2D eigenvalue weighted by Gasteiger charge is -2.21. The molecule has 1 fully saturated rings. The first-order valence-corrected chi connectivity index (χ1v) is 4.46. The van der Waals surface area contributed by atoms with Crippen molar-refractivity contribution in [1.29, 1.82) is 0 Å². The molecule has 0 aromatic heterocycles. The second kappa shape index (κ2) is 4.70. The zero-order chi connectivity index (χ0) is 9.68. The Morgan fingerprint density at radius 1 is 1.62 bits per heavy atom. The molecule has 0 aromatic rings. The number of hydrogen-bond acceptors (Lipinski definition) is 3. The quantitative estimate of drug-likeness (QED) is 0.488. The molecule has 0 aromatic carbocycles. The van der Waals surface area contributed by atoms with E-state index in [1.54, 1.807) is 12.3 Å². The van der Waals surface area contributed by atoms with Crippen LogP contribution in [0.2, 0.25) is 0 Å². The van der Waals surface area contributed by atoms with Gasteiger partial charge in [-0.25, -0.2) is 0 Å². The number of esters is 1. The van der Waals surface area contributed by atoms with Crippen LogP contribution in [0.1, 0.15) is 19.3 Å². The van der Waals surface area contributed by atoms with Gasteiger partial charge in [-0.05, 0) is 12.6 Å². The maximum absolute atomic E-state index is 11.1. The van der Waals surface area contributed by atoms with Gasteiger partial charge in [0.15, 0.2) is 6.23 Å². The lowest BCUT2D eigenvalue weighted by molar-refractivity contribution is -0.153. The molecule has 3 nitrogen and oxygen atoms in total. The minimum absolute atomic E-state index is 0.107. The van der Waals surface area contributed by atoms with Crippen molar-refractivity contribution in [2.24, 2.45) is 0 Å². The van der Waals surface area contributed by atoms with E-state index in [1.807, 2.05) is 4.90 Å². The predicted molar refractivity (Wildman–Crippen MR) is 50.8 cm³/mol. The fourth-order valence-electron chi connectivity index (χ4n) is 1.41. The zero-order valence-corrected chi connectivity index (χ0v) is 7.74. The average molecular weight is 181 g/mol. The van der Waals surface area contributed by atoms with Crippen LogP contribution in [0.15, 0.2) is 25.4 Å². The van der Waals surface area contributed by atoms with Gasteiger partial charge in [-0.15, -0.1) is 6.58 Å². The molecule has 3 heteroatoms. The van der Waals surface area contributed by atoms with Crippen molar-refractivity contribution >= 4 is 5.97 Å². The summed E-state index contributed by atoms with van der Waals surface area (Å²) in [6, 6.07) is 0. The molecule has 1 aliphatic rings. The molecule has 0 radical (unpaired) electrons. The first kappa shape index (κ1) is 9.84. The zero-order valence-electron chi connectivity index (χ0n) is 7.74. The van der Waals surface area contributed by atoms with Gasteiger partial charge in [0.2, 0.25) is 0 Å². The lowest BCUT2D eigenvalue weighted by Crippen LogP contribution is -2.28. The lowest BCUT2D eigenvalue weighted by atomic mass is 10.3. The van der Waals surface area contributed by atoms with E-state index in [2.05, 4.69) is 13.2 Å². The summed E-state index contributed by atoms with van der Waals surface area (Å²) in [4.78, 5) is 13.1. The third kappa shape index (κ3) is 2.61. The molecule has 0 amide bonds. The standard InChI is InChI=1S/C10H15NO2/c1-3-6-10(12)13-9-7-5-8-11(9)4-2/h3-4,9H,1-2,5-8H2. The van der Waals surface area contributed by atoms with Crippen LogP contribution in [0.4, 0.5) is 0 Å². The Labute approximate surface area is 78.7 Å². The highest BCUT2D eigenvalue weighted by atomic mass is 16.6. The fourth-order valence-corrected chi connectivity index (χ4v) is 1.41. The molecular weight excluding hydrogens is 166 g/mol. The number of likely N-dealkylation sites (tertiary alicyclic amines) is 1. The summed E-state index contributed by atoms with van der Waals surface area (Å²) in [6.07, 6.45) is 5.40. The van der Waals surface area contributed by atoms with Crippen molar-refractivity contribution in [1.82, 2.24) is 4.90 Å². The number of carbonyl (C=O) groups excluding carboxylic acids is 1. The number of ether oxygens (including phenoxy) is 1. The summed E-state index contributed by atoms with van der Waals surface area (Å²) >= 11 is 0. The van der Waals surface area contributed by atoms with Gasteiger partial charge >= 0.3 is 5.97 Å². The molecule has 1 rings (SSSR count). The molecule has 1 heterocycles. The Kier molecular flexibility index (Phi) is 3.55. The van der Waals surface area contributed by atoms with E-state index in [1.165, 1.54) is 0 Å². The summed E-state index contributed by atoms with van der Waals surface area (Å²) in [5.74, 6) is -0.214. The minimum Gasteiger partial charge on any atom is -0.441 e. The average Bonchev–Trinajstić information content (AvgIpc) is 2.52. The second-order valence-corrected chi connectivity index (χ2v) is 3.00. The minimum atomic E-state index is -0.214. The number of nitrogens with zero attached hydrogens (tertiary/aromatic N) is 1. The normalized spacial score (nSPS) is 21.2. The molecule has 0 spiro atoms. The Bertz CT molecular complexity index is 213. The molecule has 0 saturated carbocycles. The van der Waals surface area contributed by atoms with E-state index in [4.69, 9.17) is 4.74 Å². The molecule has 72 valence electrons. The smallest absolute Gasteiger partial charge is 0.311 e. The molecule has 0 N–H and O–H groups in total. The Hall–Kier alpha value is -1.25. The van der Waals surface area contributed by atoms with E-state index in [9.17, 15) is 4.79 Å². The van der Waals surface area contributed by atoms with Gasteiger partial charge in [0, 0.05) is 13.0 Å². The van der Waals surface area contributed by atoms with Crippen LogP contribution in [0.25, 0.3) is 0 Å².